The van der Waals surface area contributed by atoms with Crippen LogP contribution in [0.1, 0.15) is 37.1 Å². The van der Waals surface area contributed by atoms with Crippen LogP contribution in [0.15, 0.2) is 35.9 Å². The summed E-state index contributed by atoms with van der Waals surface area (Å²) in [5, 5.41) is 10.8. The van der Waals surface area contributed by atoms with Gasteiger partial charge in [0.2, 0.25) is 0 Å². The number of allylic oxidation sites excluding steroid dienone is 1. The summed E-state index contributed by atoms with van der Waals surface area (Å²) in [4.78, 5) is 6.30. The SMILES string of the molecule is C/C=C1/CN2CCc3c([nH]c4ccccc34)[C@@H]2C[C@H]1CCO. The molecule has 0 saturated carbocycles. The fourth-order valence-electron chi connectivity index (χ4n) is 4.40. The quantitative estimate of drug-likeness (QED) is 0.834. The second-order valence-corrected chi connectivity index (χ2v) is 6.61. The molecule has 2 atom stereocenters. The Labute approximate surface area is 131 Å². The average Bonchev–Trinajstić information content (AvgIpc) is 2.93. The lowest BCUT2D eigenvalue weighted by Gasteiger charge is -2.43. The molecule has 0 aliphatic carbocycles. The number of aromatic amines is 1. The number of para-hydroxylation sites is 1. The van der Waals surface area contributed by atoms with Crippen LogP contribution < -0.4 is 0 Å². The third-order valence-electron chi connectivity index (χ3n) is 5.54. The highest BCUT2D eigenvalue weighted by Crippen LogP contribution is 2.43. The molecule has 116 valence electrons. The largest absolute Gasteiger partial charge is 0.396 e. The minimum absolute atomic E-state index is 0.286. The van der Waals surface area contributed by atoms with Crippen LogP contribution in [0.2, 0.25) is 0 Å². The van der Waals surface area contributed by atoms with E-state index >= 15 is 0 Å². The fraction of sp³-hybridized carbons (Fsp3) is 0.474. The van der Waals surface area contributed by atoms with Gasteiger partial charge in [-0.2, -0.15) is 0 Å². The van der Waals surface area contributed by atoms with Crippen LogP contribution in [0.3, 0.4) is 0 Å². The summed E-state index contributed by atoms with van der Waals surface area (Å²) in [6, 6.07) is 9.15. The molecular formula is C19H24N2O. The Balaban J connectivity index is 1.74. The Morgan fingerprint density at radius 1 is 1.36 bits per heavy atom. The molecule has 0 unspecified atom stereocenters. The van der Waals surface area contributed by atoms with Crippen LogP contribution in [0.5, 0.6) is 0 Å². The number of aliphatic hydroxyl groups is 1. The number of benzene rings is 1. The molecule has 2 aliphatic heterocycles. The van der Waals surface area contributed by atoms with Crippen LogP contribution in [-0.4, -0.2) is 34.7 Å². The second kappa shape index (κ2) is 5.56. The third kappa shape index (κ3) is 2.11. The van der Waals surface area contributed by atoms with Gasteiger partial charge in [-0.1, -0.05) is 29.8 Å². The monoisotopic (exact) mass is 296 g/mol. The maximum atomic E-state index is 9.39. The molecule has 2 aromatic rings. The van der Waals surface area contributed by atoms with Gasteiger partial charge in [0, 0.05) is 36.3 Å². The standard InChI is InChI=1S/C19H24N2O/c1-2-13-12-21-9-7-16-15-5-3-4-6-17(15)20-19(16)18(21)11-14(13)8-10-22/h2-6,14,18,20,22H,7-12H2,1H3/b13-2-/t14-,18+/m1/s1. The molecule has 3 nitrogen and oxygen atoms in total. The Morgan fingerprint density at radius 2 is 2.23 bits per heavy atom. The molecule has 22 heavy (non-hydrogen) atoms. The molecule has 1 aromatic carbocycles. The van der Waals surface area contributed by atoms with Gasteiger partial charge in [-0.05, 0) is 43.7 Å². The maximum absolute atomic E-state index is 9.39. The summed E-state index contributed by atoms with van der Waals surface area (Å²) in [7, 11) is 0. The third-order valence-corrected chi connectivity index (χ3v) is 5.54. The Bertz CT molecular complexity index is 715. The van der Waals surface area contributed by atoms with E-state index in [2.05, 4.69) is 47.1 Å². The Kier molecular flexibility index (Phi) is 3.55. The van der Waals surface area contributed by atoms with Gasteiger partial charge in [0.15, 0.2) is 0 Å². The first-order chi connectivity index (χ1) is 10.8. The van der Waals surface area contributed by atoms with Crippen molar-refractivity contribution in [1.29, 1.82) is 0 Å². The number of fused-ring (bicyclic) bond motifs is 5. The van der Waals surface area contributed by atoms with Gasteiger partial charge < -0.3 is 10.1 Å². The number of hydrogen-bond acceptors (Lipinski definition) is 2. The van der Waals surface area contributed by atoms with Crippen LogP contribution in [-0.2, 0) is 6.42 Å². The molecule has 0 bridgehead atoms. The molecule has 0 radical (unpaired) electrons. The van der Waals surface area contributed by atoms with Crippen molar-refractivity contribution >= 4 is 10.9 Å². The number of aliphatic hydroxyl groups excluding tert-OH is 1. The molecule has 1 fully saturated rings. The highest BCUT2D eigenvalue weighted by Gasteiger charge is 2.36. The molecule has 1 aromatic heterocycles. The number of nitrogens with zero attached hydrogens (tertiary/aromatic N) is 1. The molecule has 0 amide bonds. The Morgan fingerprint density at radius 3 is 3.05 bits per heavy atom. The topological polar surface area (TPSA) is 39.3 Å². The molecule has 2 N–H and O–H groups in total. The molecule has 1 saturated heterocycles. The van der Waals surface area contributed by atoms with Gasteiger partial charge in [0.05, 0.1) is 6.04 Å². The zero-order valence-corrected chi connectivity index (χ0v) is 13.2. The van der Waals surface area contributed by atoms with E-state index in [0.717, 1.165) is 32.4 Å². The minimum atomic E-state index is 0.286. The van der Waals surface area contributed by atoms with Crippen LogP contribution >= 0.6 is 0 Å². The summed E-state index contributed by atoms with van der Waals surface area (Å²) in [5.41, 5.74) is 5.71. The van der Waals surface area contributed by atoms with E-state index in [-0.39, 0.29) is 6.61 Å². The summed E-state index contributed by atoms with van der Waals surface area (Å²) >= 11 is 0. The Hall–Kier alpha value is -1.58. The highest BCUT2D eigenvalue weighted by molar-refractivity contribution is 5.85. The lowest BCUT2D eigenvalue weighted by molar-refractivity contribution is 0.126. The van der Waals surface area contributed by atoms with Gasteiger partial charge in [-0.3, -0.25) is 4.90 Å². The summed E-state index contributed by atoms with van der Waals surface area (Å²) in [6.07, 6.45) is 5.41. The van der Waals surface area contributed by atoms with E-state index in [1.807, 2.05) is 0 Å². The number of aromatic nitrogens is 1. The van der Waals surface area contributed by atoms with Crippen molar-refractivity contribution in [3.05, 3.63) is 47.2 Å². The van der Waals surface area contributed by atoms with E-state index in [9.17, 15) is 5.11 Å². The minimum Gasteiger partial charge on any atom is -0.396 e. The van der Waals surface area contributed by atoms with Gasteiger partial charge in [-0.15, -0.1) is 0 Å². The zero-order chi connectivity index (χ0) is 15.1. The number of hydrogen-bond donors (Lipinski definition) is 2. The normalized spacial score (nSPS) is 27.1. The first-order valence-electron chi connectivity index (χ1n) is 8.41. The van der Waals surface area contributed by atoms with E-state index < -0.39 is 0 Å². The van der Waals surface area contributed by atoms with Crippen molar-refractivity contribution in [2.24, 2.45) is 5.92 Å². The first kappa shape index (κ1) is 14.0. The van der Waals surface area contributed by atoms with Gasteiger partial charge in [0.1, 0.15) is 0 Å². The van der Waals surface area contributed by atoms with Crippen molar-refractivity contribution in [3.63, 3.8) is 0 Å². The zero-order valence-electron chi connectivity index (χ0n) is 13.2. The van der Waals surface area contributed by atoms with Gasteiger partial charge in [0.25, 0.3) is 0 Å². The van der Waals surface area contributed by atoms with E-state index in [0.29, 0.717) is 12.0 Å². The summed E-state index contributed by atoms with van der Waals surface area (Å²) < 4.78 is 0. The van der Waals surface area contributed by atoms with Gasteiger partial charge in [-0.25, -0.2) is 0 Å². The van der Waals surface area contributed by atoms with Crippen molar-refractivity contribution in [2.75, 3.05) is 19.7 Å². The fourth-order valence-corrected chi connectivity index (χ4v) is 4.40. The van der Waals surface area contributed by atoms with Crippen molar-refractivity contribution in [3.8, 4) is 0 Å². The lowest BCUT2D eigenvalue weighted by Crippen LogP contribution is -2.42. The highest BCUT2D eigenvalue weighted by atomic mass is 16.3. The smallest absolute Gasteiger partial charge is 0.0510 e. The molecule has 2 aliphatic rings. The predicted octanol–water partition coefficient (Wildman–Crippen LogP) is 3.42. The van der Waals surface area contributed by atoms with Crippen LogP contribution in [0, 0.1) is 5.92 Å². The van der Waals surface area contributed by atoms with Crippen molar-refractivity contribution in [1.82, 2.24) is 9.88 Å². The molecule has 0 spiro atoms. The average molecular weight is 296 g/mol. The summed E-state index contributed by atoms with van der Waals surface area (Å²) in [5.74, 6) is 0.522. The molecule has 3 heterocycles. The van der Waals surface area contributed by atoms with E-state index in [4.69, 9.17) is 0 Å². The second-order valence-electron chi connectivity index (χ2n) is 6.61. The van der Waals surface area contributed by atoms with Crippen LogP contribution in [0.4, 0.5) is 0 Å². The number of rotatable bonds is 2. The van der Waals surface area contributed by atoms with Gasteiger partial charge >= 0.3 is 0 Å². The predicted molar refractivity (Wildman–Crippen MR) is 89.9 cm³/mol. The number of H-pyrrole nitrogens is 1. The molecular weight excluding hydrogens is 272 g/mol. The molecule has 4 rings (SSSR count). The maximum Gasteiger partial charge on any atom is 0.0510 e. The molecule has 3 heteroatoms. The van der Waals surface area contributed by atoms with Crippen molar-refractivity contribution < 1.29 is 5.11 Å². The number of nitrogens with one attached hydrogen (secondary N) is 1. The van der Waals surface area contributed by atoms with E-state index in [1.54, 1.807) is 0 Å². The first-order valence-corrected chi connectivity index (χ1v) is 8.41. The number of piperidine rings is 1. The summed E-state index contributed by atoms with van der Waals surface area (Å²) in [6.45, 7) is 4.62. The van der Waals surface area contributed by atoms with E-state index in [1.165, 1.54) is 27.7 Å². The van der Waals surface area contributed by atoms with Crippen LogP contribution in [0.25, 0.3) is 10.9 Å². The lowest BCUT2D eigenvalue weighted by atomic mass is 9.80. The van der Waals surface area contributed by atoms with Crippen molar-refractivity contribution in [2.45, 2.75) is 32.2 Å².